The Labute approximate surface area is 122 Å². The fraction of sp³-hybridized carbons (Fsp3) is 0.118. The molecule has 21 heavy (non-hydrogen) atoms. The fourth-order valence-corrected chi connectivity index (χ4v) is 2.16. The molecule has 0 spiro atoms. The first-order valence-electron chi connectivity index (χ1n) is 6.64. The third kappa shape index (κ3) is 2.89. The van der Waals surface area contributed by atoms with Crippen LogP contribution in [0.15, 0.2) is 48.8 Å². The number of nitrogens with zero attached hydrogens (tertiary/aromatic N) is 2. The number of hydrogen-bond donors (Lipinski definition) is 0. The summed E-state index contributed by atoms with van der Waals surface area (Å²) in [6, 6.07) is 11.6. The highest BCUT2D eigenvalue weighted by Gasteiger charge is 2.05. The van der Waals surface area contributed by atoms with Gasteiger partial charge in [-0.05, 0) is 42.1 Å². The molecule has 0 aliphatic rings. The fourth-order valence-electron chi connectivity index (χ4n) is 2.16. The Morgan fingerprint density at radius 2 is 2.05 bits per heavy atom. The van der Waals surface area contributed by atoms with Crippen molar-refractivity contribution in [1.82, 2.24) is 9.97 Å². The Hall–Kier alpha value is -2.75. The molecule has 4 nitrogen and oxygen atoms in total. The van der Waals surface area contributed by atoms with E-state index in [-0.39, 0.29) is 0 Å². The summed E-state index contributed by atoms with van der Waals surface area (Å²) in [7, 11) is 0. The second-order valence-electron chi connectivity index (χ2n) is 4.80. The van der Waals surface area contributed by atoms with Crippen LogP contribution in [0.5, 0.6) is 5.75 Å². The van der Waals surface area contributed by atoms with E-state index in [1.807, 2.05) is 43.5 Å². The van der Waals surface area contributed by atoms with E-state index in [1.54, 1.807) is 12.3 Å². The van der Waals surface area contributed by atoms with Gasteiger partial charge in [-0.15, -0.1) is 0 Å². The number of aryl methyl sites for hydroxylation is 1. The Kier molecular flexibility index (Phi) is 3.60. The molecular weight excluding hydrogens is 264 g/mol. The minimum absolute atomic E-state index is 0.331. The van der Waals surface area contributed by atoms with Gasteiger partial charge in [0.25, 0.3) is 0 Å². The van der Waals surface area contributed by atoms with Gasteiger partial charge in [0.2, 0.25) is 0 Å². The summed E-state index contributed by atoms with van der Waals surface area (Å²) in [5.74, 6) is 0.502. The van der Waals surface area contributed by atoms with Gasteiger partial charge in [-0.2, -0.15) is 0 Å². The van der Waals surface area contributed by atoms with E-state index >= 15 is 0 Å². The molecule has 0 bridgehead atoms. The number of hydrogen-bond acceptors (Lipinski definition) is 4. The molecule has 4 heteroatoms. The van der Waals surface area contributed by atoms with Crippen LogP contribution in [0.3, 0.4) is 0 Å². The molecule has 3 aromatic rings. The van der Waals surface area contributed by atoms with E-state index in [4.69, 9.17) is 4.74 Å². The molecule has 0 radical (unpaired) electrons. The van der Waals surface area contributed by atoms with Gasteiger partial charge in [0, 0.05) is 23.5 Å². The van der Waals surface area contributed by atoms with Crippen LogP contribution < -0.4 is 4.74 Å². The molecule has 3 rings (SSSR count). The number of pyridine rings is 2. The zero-order valence-electron chi connectivity index (χ0n) is 11.6. The maximum Gasteiger partial charge on any atom is 0.172 e. The lowest BCUT2D eigenvalue weighted by atomic mass is 10.1. The van der Waals surface area contributed by atoms with Crippen LogP contribution in [-0.4, -0.2) is 16.3 Å². The van der Waals surface area contributed by atoms with Gasteiger partial charge >= 0.3 is 0 Å². The van der Waals surface area contributed by atoms with Crippen molar-refractivity contribution in [3.05, 3.63) is 65.7 Å². The first-order valence-corrected chi connectivity index (χ1v) is 6.64. The zero-order valence-corrected chi connectivity index (χ0v) is 11.6. The smallest absolute Gasteiger partial charge is 0.172 e. The van der Waals surface area contributed by atoms with Crippen molar-refractivity contribution in [2.24, 2.45) is 0 Å². The van der Waals surface area contributed by atoms with Gasteiger partial charge < -0.3 is 4.74 Å². The molecule has 0 N–H and O–H groups in total. The minimum Gasteiger partial charge on any atom is -0.487 e. The van der Waals surface area contributed by atoms with Crippen LogP contribution in [0, 0.1) is 6.92 Å². The average Bonchev–Trinajstić information content (AvgIpc) is 2.53. The van der Waals surface area contributed by atoms with E-state index < -0.39 is 0 Å². The van der Waals surface area contributed by atoms with Crippen LogP contribution in [-0.2, 0) is 6.61 Å². The minimum atomic E-state index is 0.331. The second-order valence-corrected chi connectivity index (χ2v) is 4.80. The quantitative estimate of drug-likeness (QED) is 0.687. The molecule has 0 amide bonds. The number of rotatable bonds is 4. The van der Waals surface area contributed by atoms with E-state index in [0.717, 1.165) is 22.0 Å². The van der Waals surface area contributed by atoms with Crippen molar-refractivity contribution in [2.75, 3.05) is 0 Å². The summed E-state index contributed by atoms with van der Waals surface area (Å²) in [6.45, 7) is 2.23. The molecule has 0 aliphatic carbocycles. The molecular formula is C17H14N2O2. The second kappa shape index (κ2) is 5.71. The molecule has 2 aromatic heterocycles. The maximum atomic E-state index is 11.0. The van der Waals surface area contributed by atoms with Crippen LogP contribution >= 0.6 is 0 Å². The van der Waals surface area contributed by atoms with Crippen molar-refractivity contribution in [3.8, 4) is 5.75 Å². The first-order chi connectivity index (χ1) is 10.3. The van der Waals surface area contributed by atoms with Crippen molar-refractivity contribution in [2.45, 2.75) is 13.5 Å². The summed E-state index contributed by atoms with van der Waals surface area (Å²) in [6.07, 6.45) is 4.31. The normalized spacial score (nSPS) is 10.5. The molecule has 2 heterocycles. The zero-order chi connectivity index (χ0) is 14.7. The van der Waals surface area contributed by atoms with Gasteiger partial charge in [0.1, 0.15) is 18.1 Å². The number of ether oxygens (including phenoxy) is 1. The third-order valence-electron chi connectivity index (χ3n) is 3.24. The number of fused-ring (bicyclic) bond motifs is 1. The van der Waals surface area contributed by atoms with Crippen molar-refractivity contribution in [3.63, 3.8) is 0 Å². The lowest BCUT2D eigenvalue weighted by Crippen LogP contribution is -2.01. The molecule has 0 unspecified atom stereocenters. The molecule has 104 valence electrons. The molecule has 0 fully saturated rings. The van der Waals surface area contributed by atoms with Crippen LogP contribution in [0.2, 0.25) is 0 Å². The summed E-state index contributed by atoms with van der Waals surface area (Å²) in [4.78, 5) is 19.3. The van der Waals surface area contributed by atoms with Crippen molar-refractivity contribution in [1.29, 1.82) is 0 Å². The molecule has 0 aliphatic heterocycles. The van der Waals surface area contributed by atoms with Crippen LogP contribution in [0.25, 0.3) is 10.8 Å². The number of aldehydes is 1. The van der Waals surface area contributed by atoms with Crippen LogP contribution in [0.1, 0.15) is 21.7 Å². The van der Waals surface area contributed by atoms with Crippen LogP contribution in [0.4, 0.5) is 0 Å². The Morgan fingerprint density at radius 3 is 2.90 bits per heavy atom. The largest absolute Gasteiger partial charge is 0.487 e. The van der Waals surface area contributed by atoms with E-state index in [2.05, 4.69) is 9.97 Å². The number of carbonyl (C=O) groups excluding carboxylic acids is 1. The lowest BCUT2D eigenvalue weighted by molar-refractivity contribution is 0.111. The standard InChI is InChI=1S/C17H14N2O2/c1-12-2-5-17(16(10-20)19-12)21-11-13-3-4-14-6-7-18-9-15(14)8-13/h2-10H,11H2,1H3. The lowest BCUT2D eigenvalue weighted by Gasteiger charge is -2.09. The monoisotopic (exact) mass is 278 g/mol. The van der Waals surface area contributed by atoms with E-state index in [9.17, 15) is 4.79 Å². The molecule has 1 aromatic carbocycles. The van der Waals surface area contributed by atoms with E-state index in [1.165, 1.54) is 0 Å². The predicted octanol–water partition coefficient (Wildman–Crippen LogP) is 3.33. The summed E-state index contributed by atoms with van der Waals surface area (Å²) < 4.78 is 5.70. The first kappa shape index (κ1) is 13.2. The summed E-state index contributed by atoms with van der Waals surface area (Å²) in [5.41, 5.74) is 2.15. The number of carbonyl (C=O) groups is 1. The highest BCUT2D eigenvalue weighted by molar-refractivity contribution is 5.82. The molecule has 0 saturated heterocycles. The molecule has 0 saturated carbocycles. The van der Waals surface area contributed by atoms with Gasteiger partial charge in [-0.3, -0.25) is 9.78 Å². The SMILES string of the molecule is Cc1ccc(OCc2ccc3ccncc3c2)c(C=O)n1. The summed E-state index contributed by atoms with van der Waals surface area (Å²) >= 11 is 0. The Bertz CT molecular complexity index is 800. The Morgan fingerprint density at radius 1 is 1.14 bits per heavy atom. The van der Waals surface area contributed by atoms with E-state index in [0.29, 0.717) is 24.3 Å². The summed E-state index contributed by atoms with van der Waals surface area (Å²) in [5, 5.41) is 2.20. The van der Waals surface area contributed by atoms with Gasteiger partial charge in [-0.25, -0.2) is 4.98 Å². The third-order valence-corrected chi connectivity index (χ3v) is 3.24. The van der Waals surface area contributed by atoms with Gasteiger partial charge in [0.15, 0.2) is 6.29 Å². The predicted molar refractivity (Wildman–Crippen MR) is 80.4 cm³/mol. The highest BCUT2D eigenvalue weighted by atomic mass is 16.5. The van der Waals surface area contributed by atoms with Crippen molar-refractivity contribution >= 4 is 17.1 Å². The van der Waals surface area contributed by atoms with Gasteiger partial charge in [0.05, 0.1) is 0 Å². The Balaban J connectivity index is 1.81. The number of benzene rings is 1. The topological polar surface area (TPSA) is 52.1 Å². The molecule has 0 atom stereocenters. The van der Waals surface area contributed by atoms with Gasteiger partial charge in [-0.1, -0.05) is 12.1 Å². The van der Waals surface area contributed by atoms with Crippen molar-refractivity contribution < 1.29 is 9.53 Å². The maximum absolute atomic E-state index is 11.0. The number of aromatic nitrogens is 2. The highest BCUT2D eigenvalue weighted by Crippen LogP contribution is 2.19. The average molecular weight is 278 g/mol.